The molecule has 0 radical (unpaired) electrons. The van der Waals surface area contributed by atoms with E-state index in [1.54, 1.807) is 11.7 Å². The number of nitrogens with zero attached hydrogens (tertiary/aromatic N) is 3. The highest BCUT2D eigenvalue weighted by atomic mass is 79.9. The summed E-state index contributed by atoms with van der Waals surface area (Å²) in [4.78, 5) is 12.4. The Hall–Kier alpha value is -2.00. The smallest absolute Gasteiger partial charge is 0.324 e. The normalized spacial score (nSPS) is 11.5. The Balaban J connectivity index is 1.94. The van der Waals surface area contributed by atoms with Crippen LogP contribution in [0.5, 0.6) is 0 Å². The largest absolute Gasteiger partial charge is 0.433 e. The van der Waals surface area contributed by atoms with Gasteiger partial charge in [0.1, 0.15) is 5.69 Å². The van der Waals surface area contributed by atoms with Crippen LogP contribution in [0.3, 0.4) is 0 Å². The van der Waals surface area contributed by atoms with Crippen molar-refractivity contribution >= 4 is 38.9 Å². The van der Waals surface area contributed by atoms with Gasteiger partial charge in [-0.05, 0) is 35.4 Å². The monoisotopic (exact) mass is 414 g/mol. The SMILES string of the molecule is FC(F)(F)c1ccnc(Nc2cc(CBr)cc(-c3cncs3)c2)n1. The predicted molar refractivity (Wildman–Crippen MR) is 90.5 cm³/mol. The van der Waals surface area contributed by atoms with Crippen LogP contribution in [0.15, 0.2) is 42.2 Å². The van der Waals surface area contributed by atoms with Gasteiger partial charge >= 0.3 is 6.18 Å². The molecule has 0 amide bonds. The minimum Gasteiger partial charge on any atom is -0.324 e. The molecule has 124 valence electrons. The Labute approximate surface area is 147 Å². The highest BCUT2D eigenvalue weighted by Crippen LogP contribution is 2.31. The maximum Gasteiger partial charge on any atom is 0.433 e. The van der Waals surface area contributed by atoms with Gasteiger partial charge in [0.25, 0.3) is 0 Å². The van der Waals surface area contributed by atoms with Crippen molar-refractivity contribution in [3.05, 3.63) is 53.4 Å². The lowest BCUT2D eigenvalue weighted by molar-refractivity contribution is -0.141. The molecule has 0 saturated heterocycles. The summed E-state index contributed by atoms with van der Waals surface area (Å²) in [5.41, 5.74) is 3.23. The second-order valence-corrected chi connectivity index (χ2v) is 6.25. The fourth-order valence-electron chi connectivity index (χ4n) is 2.05. The molecule has 0 fully saturated rings. The Morgan fingerprint density at radius 3 is 2.71 bits per heavy atom. The van der Waals surface area contributed by atoms with Crippen molar-refractivity contribution in [1.82, 2.24) is 15.0 Å². The third-order valence-electron chi connectivity index (χ3n) is 3.07. The van der Waals surface area contributed by atoms with E-state index >= 15 is 0 Å². The summed E-state index contributed by atoms with van der Waals surface area (Å²) in [5, 5.41) is 3.44. The van der Waals surface area contributed by atoms with Crippen molar-refractivity contribution in [3.8, 4) is 10.4 Å². The van der Waals surface area contributed by atoms with Crippen molar-refractivity contribution < 1.29 is 13.2 Å². The average molecular weight is 415 g/mol. The van der Waals surface area contributed by atoms with Crippen LogP contribution in [-0.2, 0) is 11.5 Å². The molecule has 0 aliphatic carbocycles. The van der Waals surface area contributed by atoms with Crippen LogP contribution < -0.4 is 5.32 Å². The third kappa shape index (κ3) is 3.90. The van der Waals surface area contributed by atoms with Gasteiger partial charge in [0.2, 0.25) is 5.95 Å². The van der Waals surface area contributed by atoms with Crippen molar-refractivity contribution in [1.29, 1.82) is 0 Å². The Morgan fingerprint density at radius 2 is 2.04 bits per heavy atom. The summed E-state index contributed by atoms with van der Waals surface area (Å²) in [6, 6.07) is 6.47. The third-order valence-corrected chi connectivity index (χ3v) is 4.54. The second-order valence-electron chi connectivity index (χ2n) is 4.81. The number of hydrogen-bond donors (Lipinski definition) is 1. The molecular weight excluding hydrogens is 405 g/mol. The van der Waals surface area contributed by atoms with Crippen molar-refractivity contribution in [2.24, 2.45) is 0 Å². The zero-order valence-electron chi connectivity index (χ0n) is 12.0. The van der Waals surface area contributed by atoms with Crippen LogP contribution in [0.4, 0.5) is 24.8 Å². The van der Waals surface area contributed by atoms with Crippen molar-refractivity contribution in [2.75, 3.05) is 5.32 Å². The number of anilines is 2. The molecule has 0 bridgehead atoms. The summed E-state index contributed by atoms with van der Waals surface area (Å²) in [6.45, 7) is 0. The van der Waals surface area contributed by atoms with Crippen LogP contribution in [0.1, 0.15) is 11.3 Å². The van der Waals surface area contributed by atoms with Crippen LogP contribution in [0.25, 0.3) is 10.4 Å². The van der Waals surface area contributed by atoms with Crippen molar-refractivity contribution in [3.63, 3.8) is 0 Å². The molecule has 1 N–H and O–H groups in total. The Morgan fingerprint density at radius 1 is 1.21 bits per heavy atom. The average Bonchev–Trinajstić information content (AvgIpc) is 3.08. The lowest BCUT2D eigenvalue weighted by Crippen LogP contribution is -2.10. The van der Waals surface area contributed by atoms with E-state index in [1.807, 2.05) is 18.2 Å². The maximum atomic E-state index is 12.7. The first kappa shape index (κ1) is 16.8. The zero-order chi connectivity index (χ0) is 17.2. The molecule has 0 aliphatic rings. The van der Waals surface area contributed by atoms with Crippen LogP contribution in [0, 0.1) is 0 Å². The van der Waals surface area contributed by atoms with Gasteiger partial charge in [-0.25, -0.2) is 9.97 Å². The minimum absolute atomic E-state index is 0.105. The lowest BCUT2D eigenvalue weighted by atomic mass is 10.1. The molecule has 2 heterocycles. The predicted octanol–water partition coefficient (Wildman–Crippen LogP) is 5.26. The van der Waals surface area contributed by atoms with Crippen LogP contribution >= 0.6 is 27.3 Å². The molecule has 0 saturated carbocycles. The van der Waals surface area contributed by atoms with Gasteiger partial charge in [-0.1, -0.05) is 15.9 Å². The lowest BCUT2D eigenvalue weighted by Gasteiger charge is -2.11. The summed E-state index contributed by atoms with van der Waals surface area (Å²) in [7, 11) is 0. The van der Waals surface area contributed by atoms with E-state index in [4.69, 9.17) is 0 Å². The van der Waals surface area contributed by atoms with Gasteiger partial charge in [0, 0.05) is 23.4 Å². The highest BCUT2D eigenvalue weighted by Gasteiger charge is 2.32. The van der Waals surface area contributed by atoms with E-state index in [9.17, 15) is 13.2 Å². The van der Waals surface area contributed by atoms with E-state index in [-0.39, 0.29) is 5.95 Å². The maximum absolute atomic E-state index is 12.7. The molecule has 0 unspecified atom stereocenters. The van der Waals surface area contributed by atoms with Gasteiger partial charge in [-0.2, -0.15) is 13.2 Å². The molecule has 9 heteroatoms. The van der Waals surface area contributed by atoms with E-state index < -0.39 is 11.9 Å². The molecule has 0 atom stereocenters. The van der Waals surface area contributed by atoms with E-state index in [0.29, 0.717) is 11.0 Å². The summed E-state index contributed by atoms with van der Waals surface area (Å²) < 4.78 is 38.2. The first-order valence-electron chi connectivity index (χ1n) is 6.72. The standard InChI is InChI=1S/C15H10BrF3N4S/c16-6-9-3-10(12-7-20-8-24-12)5-11(4-9)22-14-21-2-1-13(23-14)15(17,18)19/h1-5,7-8H,6H2,(H,21,22,23). The van der Waals surface area contributed by atoms with E-state index in [0.717, 1.165) is 28.3 Å². The first-order valence-corrected chi connectivity index (χ1v) is 8.72. The zero-order valence-corrected chi connectivity index (χ0v) is 14.4. The molecule has 24 heavy (non-hydrogen) atoms. The fraction of sp³-hybridized carbons (Fsp3) is 0.133. The molecule has 3 rings (SSSR count). The first-order chi connectivity index (χ1) is 11.5. The second kappa shape index (κ2) is 6.86. The van der Waals surface area contributed by atoms with Gasteiger partial charge < -0.3 is 5.32 Å². The van der Waals surface area contributed by atoms with E-state index in [1.165, 1.54) is 11.3 Å². The molecule has 0 spiro atoms. The number of benzene rings is 1. The molecule has 1 aromatic carbocycles. The van der Waals surface area contributed by atoms with E-state index in [2.05, 4.69) is 36.2 Å². The number of rotatable bonds is 4. The Bertz CT molecular complexity index is 837. The molecule has 3 aromatic rings. The van der Waals surface area contributed by atoms with Crippen LogP contribution in [-0.4, -0.2) is 15.0 Å². The summed E-state index contributed by atoms with van der Waals surface area (Å²) in [5.74, 6) is -0.105. The Kier molecular flexibility index (Phi) is 4.81. The quantitative estimate of drug-likeness (QED) is 0.591. The minimum atomic E-state index is -4.51. The van der Waals surface area contributed by atoms with Crippen molar-refractivity contribution in [2.45, 2.75) is 11.5 Å². The highest BCUT2D eigenvalue weighted by molar-refractivity contribution is 9.08. The number of nitrogens with one attached hydrogen (secondary N) is 1. The van der Waals surface area contributed by atoms with Gasteiger partial charge in [-0.3, -0.25) is 4.98 Å². The summed E-state index contributed by atoms with van der Waals surface area (Å²) >= 11 is 4.87. The summed E-state index contributed by atoms with van der Waals surface area (Å²) in [6.07, 6.45) is -1.69. The number of hydrogen-bond acceptors (Lipinski definition) is 5. The number of aromatic nitrogens is 3. The number of alkyl halides is 4. The molecular formula is C15H10BrF3N4S. The number of halogens is 4. The van der Waals surface area contributed by atoms with Gasteiger partial charge in [0.15, 0.2) is 0 Å². The topological polar surface area (TPSA) is 50.7 Å². The molecule has 4 nitrogen and oxygen atoms in total. The number of thiazole rings is 1. The fourth-order valence-corrected chi connectivity index (χ4v) is 2.98. The van der Waals surface area contributed by atoms with Gasteiger partial charge in [0.05, 0.1) is 10.4 Å². The molecule has 2 aromatic heterocycles. The molecule has 0 aliphatic heterocycles. The van der Waals surface area contributed by atoms with Gasteiger partial charge in [-0.15, -0.1) is 11.3 Å². The van der Waals surface area contributed by atoms with Crippen LogP contribution in [0.2, 0.25) is 0 Å².